The van der Waals surface area contributed by atoms with Crippen LogP contribution in [-0.4, -0.2) is 19.8 Å². The molecule has 0 radical (unpaired) electrons. The average molecular weight is 243 g/mol. The van der Waals surface area contributed by atoms with Gasteiger partial charge in [0.1, 0.15) is 0 Å². The summed E-state index contributed by atoms with van der Waals surface area (Å²) in [6.45, 7) is 7.07. The van der Waals surface area contributed by atoms with Crippen molar-refractivity contribution in [3.8, 4) is 0 Å². The Morgan fingerprint density at radius 3 is 2.29 bits per heavy atom. The Hall–Kier alpha value is -0.0800. The molecule has 0 amide bonds. The molecule has 0 saturated heterocycles. The fraction of sp³-hybridized carbons (Fsp3) is 1.00. The maximum Gasteiger partial charge on any atom is 0.0478 e. The predicted octanol–water partition coefficient (Wildman–Crippen LogP) is 4.13. The summed E-state index contributed by atoms with van der Waals surface area (Å²) in [5, 5.41) is 0. The van der Waals surface area contributed by atoms with E-state index in [0.29, 0.717) is 0 Å². The predicted molar refractivity (Wildman–Crippen MR) is 76.3 cm³/mol. The summed E-state index contributed by atoms with van der Waals surface area (Å²) < 4.78 is 5.60. The molecule has 0 saturated carbocycles. The van der Waals surface area contributed by atoms with E-state index in [0.717, 1.165) is 32.1 Å². The highest BCUT2D eigenvalue weighted by atomic mass is 16.5. The molecule has 1 unspecified atom stereocenters. The Balaban J connectivity index is 3.45. The normalized spacial score (nSPS) is 12.9. The van der Waals surface area contributed by atoms with Gasteiger partial charge < -0.3 is 10.5 Å². The second-order valence-corrected chi connectivity index (χ2v) is 5.05. The van der Waals surface area contributed by atoms with Crippen LogP contribution in [0.4, 0.5) is 0 Å². The summed E-state index contributed by atoms with van der Waals surface area (Å²) in [4.78, 5) is 0. The zero-order valence-electron chi connectivity index (χ0n) is 12.0. The highest BCUT2D eigenvalue weighted by molar-refractivity contribution is 4.59. The van der Waals surface area contributed by atoms with Gasteiger partial charge in [0.05, 0.1) is 0 Å². The van der Waals surface area contributed by atoms with E-state index in [4.69, 9.17) is 10.5 Å². The molecule has 17 heavy (non-hydrogen) atoms. The summed E-state index contributed by atoms with van der Waals surface area (Å²) in [6.07, 6.45) is 11.8. The van der Waals surface area contributed by atoms with Crippen LogP contribution in [0.3, 0.4) is 0 Å². The van der Waals surface area contributed by atoms with Crippen LogP contribution >= 0.6 is 0 Å². The van der Waals surface area contributed by atoms with E-state index in [9.17, 15) is 0 Å². The van der Waals surface area contributed by atoms with E-state index in [1.165, 1.54) is 51.4 Å². The summed E-state index contributed by atoms with van der Waals surface area (Å²) >= 11 is 0. The molecule has 0 spiro atoms. The fourth-order valence-corrected chi connectivity index (χ4v) is 2.24. The van der Waals surface area contributed by atoms with E-state index in [-0.39, 0.29) is 0 Å². The zero-order valence-corrected chi connectivity index (χ0v) is 12.0. The van der Waals surface area contributed by atoms with Crippen LogP contribution in [0.2, 0.25) is 0 Å². The van der Waals surface area contributed by atoms with E-state index >= 15 is 0 Å². The van der Waals surface area contributed by atoms with Crippen molar-refractivity contribution in [2.24, 2.45) is 11.7 Å². The van der Waals surface area contributed by atoms with Crippen LogP contribution in [0.5, 0.6) is 0 Å². The Bertz CT molecular complexity index is 139. The second-order valence-electron chi connectivity index (χ2n) is 5.05. The van der Waals surface area contributed by atoms with E-state index in [1.807, 2.05) is 0 Å². The highest BCUT2D eigenvalue weighted by Crippen LogP contribution is 2.19. The van der Waals surface area contributed by atoms with Crippen molar-refractivity contribution >= 4 is 0 Å². The molecule has 0 aromatic heterocycles. The third kappa shape index (κ3) is 12.2. The van der Waals surface area contributed by atoms with Gasteiger partial charge in [-0.3, -0.25) is 0 Å². The lowest BCUT2D eigenvalue weighted by Gasteiger charge is -2.16. The zero-order chi connectivity index (χ0) is 12.8. The number of nitrogens with two attached hydrogens (primary N) is 1. The van der Waals surface area contributed by atoms with Crippen LogP contribution in [0.25, 0.3) is 0 Å². The molecular formula is C15H33NO. The maximum atomic E-state index is 5.60. The minimum atomic E-state index is 0.745. The van der Waals surface area contributed by atoms with Crippen molar-refractivity contribution < 1.29 is 4.74 Å². The van der Waals surface area contributed by atoms with Crippen molar-refractivity contribution in [3.05, 3.63) is 0 Å². The van der Waals surface area contributed by atoms with Gasteiger partial charge in [-0.1, -0.05) is 58.8 Å². The van der Waals surface area contributed by atoms with Gasteiger partial charge in [0.2, 0.25) is 0 Å². The fourth-order valence-electron chi connectivity index (χ4n) is 2.24. The number of hydrogen-bond donors (Lipinski definition) is 1. The summed E-state index contributed by atoms with van der Waals surface area (Å²) in [6, 6.07) is 0. The average Bonchev–Trinajstić information content (AvgIpc) is 2.34. The number of rotatable bonds is 13. The Morgan fingerprint density at radius 2 is 1.65 bits per heavy atom. The monoisotopic (exact) mass is 243 g/mol. The van der Waals surface area contributed by atoms with Crippen LogP contribution in [-0.2, 0) is 4.74 Å². The van der Waals surface area contributed by atoms with Gasteiger partial charge in [0, 0.05) is 13.2 Å². The lowest BCUT2D eigenvalue weighted by Crippen LogP contribution is -2.09. The van der Waals surface area contributed by atoms with Gasteiger partial charge in [-0.15, -0.1) is 0 Å². The topological polar surface area (TPSA) is 35.2 Å². The first-order valence-corrected chi connectivity index (χ1v) is 7.62. The minimum absolute atomic E-state index is 0.745. The molecule has 0 heterocycles. The molecular weight excluding hydrogens is 210 g/mol. The molecule has 0 fully saturated rings. The standard InChI is InChI=1S/C15H33NO/c1-3-5-6-7-10-15(9-4-2)11-14-17-13-8-12-16/h15H,3-14,16H2,1-2H3. The molecule has 2 N–H and O–H groups in total. The first-order valence-electron chi connectivity index (χ1n) is 7.62. The molecule has 0 aromatic carbocycles. The summed E-state index contributed by atoms with van der Waals surface area (Å²) in [7, 11) is 0. The van der Waals surface area contributed by atoms with Crippen LogP contribution < -0.4 is 5.73 Å². The number of hydrogen-bond acceptors (Lipinski definition) is 2. The molecule has 0 aliphatic heterocycles. The Labute approximate surface area is 108 Å². The van der Waals surface area contributed by atoms with Crippen molar-refractivity contribution in [2.45, 2.75) is 71.6 Å². The van der Waals surface area contributed by atoms with E-state index in [1.54, 1.807) is 0 Å². The molecule has 0 aliphatic carbocycles. The van der Waals surface area contributed by atoms with Crippen LogP contribution in [0.15, 0.2) is 0 Å². The van der Waals surface area contributed by atoms with Crippen molar-refractivity contribution in [1.29, 1.82) is 0 Å². The van der Waals surface area contributed by atoms with Gasteiger partial charge in [-0.05, 0) is 25.3 Å². The SMILES string of the molecule is CCCCCCC(CCC)CCOCCCN. The smallest absolute Gasteiger partial charge is 0.0478 e. The number of unbranched alkanes of at least 4 members (excludes halogenated alkanes) is 3. The molecule has 0 aromatic rings. The molecule has 1 atom stereocenters. The van der Waals surface area contributed by atoms with E-state index in [2.05, 4.69) is 13.8 Å². The lowest BCUT2D eigenvalue weighted by molar-refractivity contribution is 0.116. The molecule has 104 valence electrons. The van der Waals surface area contributed by atoms with Gasteiger partial charge in [-0.25, -0.2) is 0 Å². The highest BCUT2D eigenvalue weighted by Gasteiger charge is 2.07. The van der Waals surface area contributed by atoms with Crippen LogP contribution in [0, 0.1) is 5.92 Å². The molecule has 2 heteroatoms. The Kier molecular flexibility index (Phi) is 13.9. The van der Waals surface area contributed by atoms with Crippen LogP contribution in [0.1, 0.15) is 71.6 Å². The second kappa shape index (κ2) is 14.0. The molecule has 0 bridgehead atoms. The molecule has 0 aliphatic rings. The third-order valence-corrected chi connectivity index (χ3v) is 3.33. The minimum Gasteiger partial charge on any atom is -0.381 e. The quantitative estimate of drug-likeness (QED) is 0.494. The maximum absolute atomic E-state index is 5.60. The number of ether oxygens (including phenoxy) is 1. The first-order chi connectivity index (χ1) is 8.35. The van der Waals surface area contributed by atoms with E-state index < -0.39 is 0 Å². The van der Waals surface area contributed by atoms with Crippen molar-refractivity contribution in [1.82, 2.24) is 0 Å². The van der Waals surface area contributed by atoms with Crippen molar-refractivity contribution in [2.75, 3.05) is 19.8 Å². The lowest BCUT2D eigenvalue weighted by atomic mass is 9.93. The third-order valence-electron chi connectivity index (χ3n) is 3.33. The van der Waals surface area contributed by atoms with Gasteiger partial charge in [-0.2, -0.15) is 0 Å². The largest absolute Gasteiger partial charge is 0.381 e. The molecule has 2 nitrogen and oxygen atoms in total. The van der Waals surface area contributed by atoms with Gasteiger partial charge in [0.25, 0.3) is 0 Å². The molecule has 0 rings (SSSR count). The van der Waals surface area contributed by atoms with Crippen molar-refractivity contribution in [3.63, 3.8) is 0 Å². The van der Waals surface area contributed by atoms with Gasteiger partial charge in [0.15, 0.2) is 0 Å². The first kappa shape index (κ1) is 16.9. The van der Waals surface area contributed by atoms with Gasteiger partial charge >= 0.3 is 0 Å². The summed E-state index contributed by atoms with van der Waals surface area (Å²) in [5.41, 5.74) is 5.43. The summed E-state index contributed by atoms with van der Waals surface area (Å²) in [5.74, 6) is 0.884. The Morgan fingerprint density at radius 1 is 0.824 bits per heavy atom.